The van der Waals surface area contributed by atoms with Gasteiger partial charge in [-0.3, -0.25) is 0 Å². The zero-order valence-electron chi connectivity index (χ0n) is 10.9. The Morgan fingerprint density at radius 3 is 2.67 bits per heavy atom. The van der Waals surface area contributed by atoms with Crippen molar-refractivity contribution in [1.29, 1.82) is 0 Å². The van der Waals surface area contributed by atoms with Crippen molar-refractivity contribution in [3.63, 3.8) is 0 Å². The fourth-order valence-electron chi connectivity index (χ4n) is 1.52. The summed E-state index contributed by atoms with van der Waals surface area (Å²) in [5, 5.41) is 0. The first-order chi connectivity index (χ1) is 9.74. The van der Waals surface area contributed by atoms with E-state index in [0.29, 0.717) is 4.88 Å². The minimum atomic E-state index is -4.80. The van der Waals surface area contributed by atoms with E-state index in [1.165, 1.54) is 18.3 Å². The summed E-state index contributed by atoms with van der Waals surface area (Å²) in [7, 11) is 0. The molecule has 0 fully saturated rings. The van der Waals surface area contributed by atoms with Crippen LogP contribution in [0, 0.1) is 6.92 Å². The van der Waals surface area contributed by atoms with Gasteiger partial charge in [0.1, 0.15) is 0 Å². The second kappa shape index (κ2) is 5.80. The number of esters is 1. The third-order valence-electron chi connectivity index (χ3n) is 2.42. The molecule has 0 atom stereocenters. The molecule has 0 amide bonds. The molecule has 0 bridgehead atoms. The Labute approximate surface area is 130 Å². The van der Waals surface area contributed by atoms with E-state index in [2.05, 4.69) is 25.7 Å². The average Bonchev–Trinajstić information content (AvgIpc) is 2.94. The number of carbonyl (C=O) groups excluding carboxylic acids is 1. The van der Waals surface area contributed by atoms with Crippen LogP contribution in [0.5, 0.6) is 0 Å². The zero-order valence-corrected chi connectivity index (χ0v) is 13.3. The van der Waals surface area contributed by atoms with E-state index in [9.17, 15) is 18.0 Å². The number of halogens is 4. The molecular formula is C12H9BrF3NO3S. The number of oxazole rings is 1. The van der Waals surface area contributed by atoms with Crippen LogP contribution in [0.15, 0.2) is 14.3 Å². The molecule has 2 heterocycles. The Balaban J connectivity index is 2.52. The highest BCUT2D eigenvalue weighted by Crippen LogP contribution is 2.38. The average molecular weight is 384 g/mol. The quantitative estimate of drug-likeness (QED) is 0.722. The summed E-state index contributed by atoms with van der Waals surface area (Å²) >= 11 is 4.43. The van der Waals surface area contributed by atoms with Crippen LogP contribution >= 0.6 is 27.3 Å². The van der Waals surface area contributed by atoms with E-state index >= 15 is 0 Å². The SMILES string of the molecule is CCOC(=O)c1oc(-c2cc(C)c(Br)s2)nc1C(F)(F)F. The molecule has 0 spiro atoms. The number of hydrogen-bond donors (Lipinski definition) is 0. The van der Waals surface area contributed by atoms with Crippen molar-refractivity contribution in [2.75, 3.05) is 6.61 Å². The lowest BCUT2D eigenvalue weighted by Crippen LogP contribution is -2.14. The maximum atomic E-state index is 12.9. The van der Waals surface area contributed by atoms with Crippen molar-refractivity contribution in [2.24, 2.45) is 0 Å². The van der Waals surface area contributed by atoms with Gasteiger partial charge in [0.15, 0.2) is 5.69 Å². The molecule has 0 aromatic carbocycles. The van der Waals surface area contributed by atoms with Crippen LogP contribution in [-0.4, -0.2) is 17.6 Å². The van der Waals surface area contributed by atoms with Gasteiger partial charge < -0.3 is 9.15 Å². The molecule has 114 valence electrons. The Morgan fingerprint density at radius 1 is 1.52 bits per heavy atom. The van der Waals surface area contributed by atoms with E-state index in [1.807, 2.05) is 0 Å². The van der Waals surface area contributed by atoms with E-state index < -0.39 is 23.6 Å². The summed E-state index contributed by atoms with van der Waals surface area (Å²) in [4.78, 5) is 15.4. The summed E-state index contributed by atoms with van der Waals surface area (Å²) in [6.07, 6.45) is -4.80. The zero-order chi connectivity index (χ0) is 15.8. The molecule has 2 rings (SSSR count). The predicted octanol–water partition coefficient (Wildman–Crippen LogP) is 4.67. The minimum absolute atomic E-state index is 0.0597. The molecule has 0 aliphatic rings. The van der Waals surface area contributed by atoms with Crippen LogP contribution < -0.4 is 0 Å². The Morgan fingerprint density at radius 2 is 2.19 bits per heavy atom. The number of aromatic nitrogens is 1. The molecule has 2 aromatic rings. The van der Waals surface area contributed by atoms with Crippen LogP contribution in [0.2, 0.25) is 0 Å². The monoisotopic (exact) mass is 383 g/mol. The molecule has 0 aliphatic heterocycles. The lowest BCUT2D eigenvalue weighted by molar-refractivity contribution is -0.141. The van der Waals surface area contributed by atoms with E-state index in [0.717, 1.165) is 9.35 Å². The number of carbonyl (C=O) groups is 1. The van der Waals surface area contributed by atoms with Crippen molar-refractivity contribution in [2.45, 2.75) is 20.0 Å². The first-order valence-electron chi connectivity index (χ1n) is 5.75. The fourth-order valence-corrected chi connectivity index (χ4v) is 2.98. The Kier molecular flexibility index (Phi) is 4.43. The van der Waals surface area contributed by atoms with Crippen LogP contribution in [-0.2, 0) is 10.9 Å². The highest BCUT2D eigenvalue weighted by Gasteiger charge is 2.42. The van der Waals surface area contributed by atoms with Crippen LogP contribution in [0.3, 0.4) is 0 Å². The van der Waals surface area contributed by atoms with Crippen molar-refractivity contribution in [3.8, 4) is 10.8 Å². The van der Waals surface area contributed by atoms with Gasteiger partial charge in [-0.2, -0.15) is 13.2 Å². The van der Waals surface area contributed by atoms with E-state index in [1.54, 1.807) is 13.0 Å². The van der Waals surface area contributed by atoms with Gasteiger partial charge in [0.2, 0.25) is 11.7 Å². The first kappa shape index (κ1) is 16.0. The summed E-state index contributed by atoms with van der Waals surface area (Å²) < 4.78 is 49.1. The number of alkyl halides is 3. The number of ether oxygens (including phenoxy) is 1. The Hall–Kier alpha value is -1.35. The summed E-state index contributed by atoms with van der Waals surface area (Å²) in [6, 6.07) is 1.62. The van der Waals surface area contributed by atoms with Crippen LogP contribution in [0.4, 0.5) is 13.2 Å². The van der Waals surface area contributed by atoms with Gasteiger partial charge in [0.05, 0.1) is 15.3 Å². The largest absolute Gasteiger partial charge is 0.460 e. The molecule has 2 aromatic heterocycles. The molecule has 21 heavy (non-hydrogen) atoms. The number of nitrogens with zero attached hydrogens (tertiary/aromatic N) is 1. The Bertz CT molecular complexity index is 658. The molecule has 0 radical (unpaired) electrons. The van der Waals surface area contributed by atoms with Crippen molar-refractivity contribution in [1.82, 2.24) is 4.98 Å². The molecule has 4 nitrogen and oxygen atoms in total. The topological polar surface area (TPSA) is 52.3 Å². The van der Waals surface area contributed by atoms with Crippen LogP contribution in [0.1, 0.15) is 28.7 Å². The predicted molar refractivity (Wildman–Crippen MR) is 73.2 cm³/mol. The lowest BCUT2D eigenvalue weighted by atomic mass is 10.3. The molecule has 0 N–H and O–H groups in total. The van der Waals surface area contributed by atoms with E-state index in [4.69, 9.17) is 4.42 Å². The molecule has 0 saturated carbocycles. The molecule has 0 unspecified atom stereocenters. The van der Waals surface area contributed by atoms with E-state index in [-0.39, 0.29) is 12.5 Å². The lowest BCUT2D eigenvalue weighted by Gasteiger charge is -2.03. The fraction of sp³-hybridized carbons (Fsp3) is 0.333. The van der Waals surface area contributed by atoms with Crippen molar-refractivity contribution in [3.05, 3.63) is 26.9 Å². The van der Waals surface area contributed by atoms with Crippen LogP contribution in [0.25, 0.3) is 10.8 Å². The first-order valence-corrected chi connectivity index (χ1v) is 7.36. The number of aryl methyl sites for hydroxylation is 1. The highest BCUT2D eigenvalue weighted by molar-refractivity contribution is 9.11. The minimum Gasteiger partial charge on any atom is -0.460 e. The second-order valence-corrected chi connectivity index (χ2v) is 6.35. The highest BCUT2D eigenvalue weighted by atomic mass is 79.9. The second-order valence-electron chi connectivity index (χ2n) is 3.98. The number of rotatable bonds is 3. The number of hydrogen-bond acceptors (Lipinski definition) is 5. The maximum Gasteiger partial charge on any atom is 0.437 e. The van der Waals surface area contributed by atoms with Crippen molar-refractivity contribution >= 4 is 33.2 Å². The van der Waals surface area contributed by atoms with Gasteiger partial charge >= 0.3 is 12.1 Å². The molecule has 9 heteroatoms. The normalized spacial score (nSPS) is 11.7. The summed E-state index contributed by atoms with van der Waals surface area (Å²) in [6.45, 7) is 3.21. The van der Waals surface area contributed by atoms with Crippen molar-refractivity contribution < 1.29 is 27.1 Å². The van der Waals surface area contributed by atoms with Gasteiger partial charge in [-0.05, 0) is 41.4 Å². The van der Waals surface area contributed by atoms with Gasteiger partial charge in [-0.1, -0.05) is 0 Å². The third kappa shape index (κ3) is 3.29. The molecular weight excluding hydrogens is 375 g/mol. The summed E-state index contributed by atoms with van der Waals surface area (Å²) in [5.41, 5.74) is -0.544. The maximum absolute atomic E-state index is 12.9. The van der Waals surface area contributed by atoms with Gasteiger partial charge in [0, 0.05) is 0 Å². The molecule has 0 saturated heterocycles. The van der Waals surface area contributed by atoms with Gasteiger partial charge in [-0.25, -0.2) is 9.78 Å². The number of thiophene rings is 1. The smallest absolute Gasteiger partial charge is 0.437 e. The van der Waals surface area contributed by atoms with Gasteiger partial charge in [-0.15, -0.1) is 11.3 Å². The third-order valence-corrected chi connectivity index (χ3v) is 4.55. The summed E-state index contributed by atoms with van der Waals surface area (Å²) in [5.74, 6) is -2.37. The van der Waals surface area contributed by atoms with Gasteiger partial charge in [0.25, 0.3) is 0 Å². The standard InChI is InChI=1S/C12H9BrF3NO3S/c1-3-19-11(18)7-8(12(14,15)16)17-10(20-7)6-4-5(2)9(13)21-6/h4H,3H2,1-2H3. The molecule has 0 aliphatic carbocycles.